The van der Waals surface area contributed by atoms with Gasteiger partial charge in [-0.25, -0.2) is 0 Å². The molecule has 2 aliphatic heterocycles. The van der Waals surface area contributed by atoms with Crippen molar-refractivity contribution in [3.8, 4) is 0 Å². The van der Waals surface area contributed by atoms with E-state index in [2.05, 4.69) is 26.3 Å². The quantitative estimate of drug-likeness (QED) is 0.673. The van der Waals surface area contributed by atoms with Gasteiger partial charge >= 0.3 is 0 Å². The van der Waals surface area contributed by atoms with E-state index >= 15 is 0 Å². The fraction of sp³-hybridized carbons (Fsp3) is 0.625. The summed E-state index contributed by atoms with van der Waals surface area (Å²) >= 11 is 0. The van der Waals surface area contributed by atoms with E-state index in [0.29, 0.717) is 5.41 Å². The molecular formula is C16H24N4O. The van der Waals surface area contributed by atoms with Crippen molar-refractivity contribution in [3.05, 3.63) is 30.1 Å². The minimum atomic E-state index is 0.374. The lowest BCUT2D eigenvalue weighted by Crippen LogP contribution is -2.42. The Labute approximate surface area is 126 Å². The first kappa shape index (κ1) is 14.3. The first-order chi connectivity index (χ1) is 10.3. The number of nitrogens with one attached hydrogen (secondary N) is 1. The van der Waals surface area contributed by atoms with Gasteiger partial charge in [0.1, 0.15) is 0 Å². The maximum atomic E-state index is 5.59. The van der Waals surface area contributed by atoms with Crippen LogP contribution in [0.4, 0.5) is 0 Å². The van der Waals surface area contributed by atoms with Crippen molar-refractivity contribution in [2.75, 3.05) is 39.9 Å². The van der Waals surface area contributed by atoms with Crippen molar-refractivity contribution in [1.29, 1.82) is 0 Å². The van der Waals surface area contributed by atoms with E-state index in [4.69, 9.17) is 4.74 Å². The van der Waals surface area contributed by atoms with Crippen molar-refractivity contribution in [3.63, 3.8) is 0 Å². The van der Waals surface area contributed by atoms with Gasteiger partial charge in [-0.05, 0) is 25.0 Å². The molecule has 5 heteroatoms. The van der Waals surface area contributed by atoms with E-state index in [1.807, 2.05) is 25.4 Å². The molecule has 0 aliphatic carbocycles. The molecule has 2 aliphatic rings. The largest absolute Gasteiger partial charge is 0.381 e. The minimum absolute atomic E-state index is 0.374. The number of hydrogen-bond acceptors (Lipinski definition) is 3. The molecule has 21 heavy (non-hydrogen) atoms. The Balaban J connectivity index is 1.50. The summed E-state index contributed by atoms with van der Waals surface area (Å²) in [6.07, 6.45) is 5.17. The van der Waals surface area contributed by atoms with E-state index in [1.54, 1.807) is 0 Å². The Morgan fingerprint density at radius 2 is 2.43 bits per heavy atom. The second-order valence-electron chi connectivity index (χ2n) is 6.02. The standard InChI is InChI=1S/C16H24N4O/c1-17-15(19-9-5-14-4-2-3-8-18-14)20-10-6-16(12-20)7-11-21-13-16/h2-4,8H,5-7,9-13H2,1H3,(H,17,19). The Morgan fingerprint density at radius 1 is 1.48 bits per heavy atom. The van der Waals surface area contributed by atoms with Crippen LogP contribution in [0.25, 0.3) is 0 Å². The van der Waals surface area contributed by atoms with E-state index in [1.165, 1.54) is 12.8 Å². The Hall–Kier alpha value is -1.62. The van der Waals surface area contributed by atoms with E-state index in [9.17, 15) is 0 Å². The summed E-state index contributed by atoms with van der Waals surface area (Å²) < 4.78 is 5.59. The van der Waals surface area contributed by atoms with Crippen molar-refractivity contribution in [2.45, 2.75) is 19.3 Å². The molecule has 114 valence electrons. The number of guanidine groups is 1. The number of ether oxygens (including phenoxy) is 1. The van der Waals surface area contributed by atoms with Crippen LogP contribution in [0.1, 0.15) is 18.5 Å². The van der Waals surface area contributed by atoms with Gasteiger partial charge in [0.15, 0.2) is 5.96 Å². The number of rotatable bonds is 3. The highest BCUT2D eigenvalue weighted by Crippen LogP contribution is 2.38. The lowest BCUT2D eigenvalue weighted by atomic mass is 9.87. The first-order valence-electron chi connectivity index (χ1n) is 7.75. The minimum Gasteiger partial charge on any atom is -0.381 e. The van der Waals surface area contributed by atoms with Gasteiger partial charge in [-0.2, -0.15) is 0 Å². The normalized spacial score (nSPS) is 25.8. The lowest BCUT2D eigenvalue weighted by molar-refractivity contribution is 0.156. The highest BCUT2D eigenvalue weighted by Gasteiger charge is 2.42. The molecule has 1 aromatic heterocycles. The smallest absolute Gasteiger partial charge is 0.193 e. The summed E-state index contributed by atoms with van der Waals surface area (Å²) in [5.74, 6) is 1.01. The lowest BCUT2D eigenvalue weighted by Gasteiger charge is -2.24. The van der Waals surface area contributed by atoms with Crippen LogP contribution < -0.4 is 5.32 Å². The summed E-state index contributed by atoms with van der Waals surface area (Å²) in [5.41, 5.74) is 1.49. The van der Waals surface area contributed by atoms with Crippen molar-refractivity contribution < 1.29 is 4.74 Å². The van der Waals surface area contributed by atoms with Gasteiger partial charge < -0.3 is 15.0 Å². The van der Waals surface area contributed by atoms with Crippen LogP contribution >= 0.6 is 0 Å². The molecule has 1 aromatic rings. The summed E-state index contributed by atoms with van der Waals surface area (Å²) in [6, 6.07) is 6.04. The van der Waals surface area contributed by atoms with Gasteiger partial charge in [0.05, 0.1) is 6.61 Å². The van der Waals surface area contributed by atoms with Crippen molar-refractivity contribution >= 4 is 5.96 Å². The molecule has 0 amide bonds. The molecule has 2 saturated heterocycles. The van der Waals surface area contributed by atoms with E-state index in [0.717, 1.165) is 50.9 Å². The third-order valence-corrected chi connectivity index (χ3v) is 4.53. The monoisotopic (exact) mass is 288 g/mol. The maximum absolute atomic E-state index is 5.59. The molecule has 0 bridgehead atoms. The Morgan fingerprint density at radius 3 is 3.14 bits per heavy atom. The van der Waals surface area contributed by atoms with Gasteiger partial charge in [0.25, 0.3) is 0 Å². The van der Waals surface area contributed by atoms with Crippen LogP contribution in [0.3, 0.4) is 0 Å². The van der Waals surface area contributed by atoms with Gasteiger partial charge in [-0.15, -0.1) is 0 Å². The first-order valence-corrected chi connectivity index (χ1v) is 7.75. The van der Waals surface area contributed by atoms with Crippen LogP contribution in [0.15, 0.2) is 29.4 Å². The summed E-state index contributed by atoms with van der Waals surface area (Å²) in [6.45, 7) is 4.83. The summed E-state index contributed by atoms with van der Waals surface area (Å²) in [5, 5.41) is 3.46. The summed E-state index contributed by atoms with van der Waals surface area (Å²) in [7, 11) is 1.86. The third-order valence-electron chi connectivity index (χ3n) is 4.53. The maximum Gasteiger partial charge on any atom is 0.193 e. The fourth-order valence-electron chi connectivity index (χ4n) is 3.27. The number of nitrogens with zero attached hydrogens (tertiary/aromatic N) is 3. The molecule has 0 radical (unpaired) electrons. The van der Waals surface area contributed by atoms with Crippen LogP contribution in [0.5, 0.6) is 0 Å². The predicted octanol–water partition coefficient (Wildman–Crippen LogP) is 1.31. The van der Waals surface area contributed by atoms with Gasteiger partial charge in [-0.3, -0.25) is 9.98 Å². The molecule has 1 N–H and O–H groups in total. The van der Waals surface area contributed by atoms with Gasteiger partial charge in [0.2, 0.25) is 0 Å². The zero-order chi connectivity index (χ0) is 14.5. The Kier molecular flexibility index (Phi) is 4.39. The molecule has 0 aromatic carbocycles. The zero-order valence-corrected chi connectivity index (χ0v) is 12.7. The average molecular weight is 288 g/mol. The molecule has 1 unspecified atom stereocenters. The Bertz CT molecular complexity index is 482. The number of likely N-dealkylation sites (tertiary alicyclic amines) is 1. The molecule has 1 spiro atoms. The molecular weight excluding hydrogens is 264 g/mol. The fourth-order valence-corrected chi connectivity index (χ4v) is 3.27. The van der Waals surface area contributed by atoms with Crippen LogP contribution in [0.2, 0.25) is 0 Å². The highest BCUT2D eigenvalue weighted by molar-refractivity contribution is 5.80. The zero-order valence-electron chi connectivity index (χ0n) is 12.7. The number of hydrogen-bond donors (Lipinski definition) is 1. The van der Waals surface area contributed by atoms with Gasteiger partial charge in [-0.1, -0.05) is 6.07 Å². The molecule has 0 saturated carbocycles. The molecule has 1 atom stereocenters. The van der Waals surface area contributed by atoms with Crippen molar-refractivity contribution in [1.82, 2.24) is 15.2 Å². The molecule has 2 fully saturated rings. The molecule has 3 heterocycles. The number of aliphatic imine (C=N–C) groups is 1. The highest BCUT2D eigenvalue weighted by atomic mass is 16.5. The SMILES string of the molecule is CN=C(NCCc1ccccn1)N1CCC2(CCOC2)C1. The number of pyridine rings is 1. The average Bonchev–Trinajstić information content (AvgIpc) is 3.15. The van der Waals surface area contributed by atoms with Crippen molar-refractivity contribution in [2.24, 2.45) is 10.4 Å². The second kappa shape index (κ2) is 6.43. The van der Waals surface area contributed by atoms with Crippen LogP contribution in [-0.4, -0.2) is 55.7 Å². The number of aromatic nitrogens is 1. The van der Waals surface area contributed by atoms with Crippen LogP contribution in [0, 0.1) is 5.41 Å². The third kappa shape index (κ3) is 3.35. The second-order valence-corrected chi connectivity index (χ2v) is 6.02. The summed E-state index contributed by atoms with van der Waals surface area (Å²) in [4.78, 5) is 11.1. The van der Waals surface area contributed by atoms with Crippen LogP contribution in [-0.2, 0) is 11.2 Å². The van der Waals surface area contributed by atoms with E-state index < -0.39 is 0 Å². The topological polar surface area (TPSA) is 49.8 Å². The molecule has 3 rings (SSSR count). The van der Waals surface area contributed by atoms with Gasteiger partial charge in [0, 0.05) is 57.0 Å². The predicted molar refractivity (Wildman–Crippen MR) is 83.4 cm³/mol. The van der Waals surface area contributed by atoms with E-state index in [-0.39, 0.29) is 0 Å². The molecule has 5 nitrogen and oxygen atoms in total.